The van der Waals surface area contributed by atoms with E-state index in [9.17, 15) is 4.79 Å². The van der Waals surface area contributed by atoms with Gasteiger partial charge in [-0.2, -0.15) is 0 Å². The van der Waals surface area contributed by atoms with Crippen molar-refractivity contribution < 1.29 is 9.53 Å². The molecule has 1 aromatic rings. The Morgan fingerprint density at radius 3 is 2.57 bits per heavy atom. The topological polar surface area (TPSA) is 45.7 Å². The molecule has 0 aliphatic carbocycles. The number of carbonyl (C=O) groups excluding carboxylic acids is 1. The zero-order valence-electron chi connectivity index (χ0n) is 13.4. The summed E-state index contributed by atoms with van der Waals surface area (Å²) in [6.07, 6.45) is 2.06. The minimum atomic E-state index is -0.440. The van der Waals surface area contributed by atoms with Gasteiger partial charge in [-0.15, -0.1) is 0 Å². The lowest BCUT2D eigenvalue weighted by Gasteiger charge is -2.33. The van der Waals surface area contributed by atoms with E-state index >= 15 is 0 Å². The molecule has 2 rings (SSSR count). The molecule has 0 amide bonds. The van der Waals surface area contributed by atoms with Crippen molar-refractivity contribution in [2.75, 3.05) is 38.1 Å². The number of piperazine rings is 1. The zero-order chi connectivity index (χ0) is 15.5. The van der Waals surface area contributed by atoms with Crippen LogP contribution in [0.1, 0.15) is 26.3 Å². The average Bonchev–Trinajstić information content (AvgIpc) is 2.37. The molecule has 0 N–H and O–H groups in total. The molecule has 0 aromatic carbocycles. The molecular formula is C16H25N3O2. The van der Waals surface area contributed by atoms with Crippen molar-refractivity contribution in [1.29, 1.82) is 0 Å². The van der Waals surface area contributed by atoms with Gasteiger partial charge >= 0.3 is 5.97 Å². The second-order valence-corrected chi connectivity index (χ2v) is 6.58. The summed E-state index contributed by atoms with van der Waals surface area (Å²) in [7, 11) is 2.13. The van der Waals surface area contributed by atoms with Gasteiger partial charge < -0.3 is 14.5 Å². The minimum absolute atomic E-state index is 0.196. The first-order valence-electron chi connectivity index (χ1n) is 7.44. The summed E-state index contributed by atoms with van der Waals surface area (Å²) in [5, 5.41) is 0. The van der Waals surface area contributed by atoms with Crippen LogP contribution in [0, 0.1) is 0 Å². The number of carbonyl (C=O) groups is 1. The number of nitrogens with zero attached hydrogens (tertiary/aromatic N) is 3. The molecule has 1 aliphatic heterocycles. The van der Waals surface area contributed by atoms with Gasteiger partial charge in [0.05, 0.1) is 6.42 Å². The van der Waals surface area contributed by atoms with Crippen LogP contribution in [0.25, 0.3) is 0 Å². The molecule has 0 atom stereocenters. The summed E-state index contributed by atoms with van der Waals surface area (Å²) in [4.78, 5) is 20.9. The smallest absolute Gasteiger partial charge is 0.310 e. The van der Waals surface area contributed by atoms with E-state index in [4.69, 9.17) is 4.74 Å². The summed E-state index contributed by atoms with van der Waals surface area (Å²) in [6, 6.07) is 3.87. The van der Waals surface area contributed by atoms with Crippen molar-refractivity contribution in [2.45, 2.75) is 32.8 Å². The number of hydrogen-bond acceptors (Lipinski definition) is 5. The fraction of sp³-hybridized carbons (Fsp3) is 0.625. The van der Waals surface area contributed by atoms with Crippen LogP contribution in [0.4, 0.5) is 5.82 Å². The van der Waals surface area contributed by atoms with Crippen molar-refractivity contribution >= 4 is 11.8 Å². The Balaban J connectivity index is 1.99. The van der Waals surface area contributed by atoms with Gasteiger partial charge in [0, 0.05) is 32.4 Å². The van der Waals surface area contributed by atoms with Gasteiger partial charge in [-0.3, -0.25) is 4.79 Å². The minimum Gasteiger partial charge on any atom is -0.460 e. The summed E-state index contributed by atoms with van der Waals surface area (Å²) >= 11 is 0. The van der Waals surface area contributed by atoms with E-state index in [-0.39, 0.29) is 5.97 Å². The first kappa shape index (κ1) is 15.8. The van der Waals surface area contributed by atoms with Crippen LogP contribution in [-0.4, -0.2) is 54.7 Å². The van der Waals surface area contributed by atoms with Crippen LogP contribution in [0.3, 0.4) is 0 Å². The monoisotopic (exact) mass is 291 g/mol. The van der Waals surface area contributed by atoms with E-state index in [1.54, 1.807) is 6.20 Å². The fourth-order valence-electron chi connectivity index (χ4n) is 2.32. The molecule has 1 saturated heterocycles. The van der Waals surface area contributed by atoms with Crippen molar-refractivity contribution in [3.63, 3.8) is 0 Å². The number of anilines is 1. The maximum atomic E-state index is 11.9. The van der Waals surface area contributed by atoms with Crippen LogP contribution in [0.5, 0.6) is 0 Å². The zero-order valence-corrected chi connectivity index (χ0v) is 13.4. The van der Waals surface area contributed by atoms with Crippen LogP contribution in [0.15, 0.2) is 18.3 Å². The Hall–Kier alpha value is -1.62. The molecular weight excluding hydrogens is 266 g/mol. The number of pyridine rings is 1. The Labute approximate surface area is 126 Å². The Bertz CT molecular complexity index is 489. The molecule has 5 nitrogen and oxygen atoms in total. The molecule has 21 heavy (non-hydrogen) atoms. The van der Waals surface area contributed by atoms with Gasteiger partial charge in [-0.1, -0.05) is 0 Å². The Morgan fingerprint density at radius 2 is 1.95 bits per heavy atom. The van der Waals surface area contributed by atoms with Crippen LogP contribution < -0.4 is 4.90 Å². The molecule has 2 heterocycles. The van der Waals surface area contributed by atoms with Crippen molar-refractivity contribution in [3.05, 3.63) is 23.9 Å². The number of esters is 1. The van der Waals surface area contributed by atoms with Gasteiger partial charge in [-0.25, -0.2) is 4.98 Å². The molecule has 1 fully saturated rings. The van der Waals surface area contributed by atoms with E-state index in [2.05, 4.69) is 21.8 Å². The van der Waals surface area contributed by atoms with Gasteiger partial charge in [0.25, 0.3) is 0 Å². The molecule has 1 aromatic heterocycles. The second-order valence-electron chi connectivity index (χ2n) is 6.58. The quantitative estimate of drug-likeness (QED) is 0.794. The molecule has 1 aliphatic rings. The molecule has 116 valence electrons. The highest BCUT2D eigenvalue weighted by atomic mass is 16.6. The molecule has 0 bridgehead atoms. The highest BCUT2D eigenvalue weighted by molar-refractivity contribution is 5.73. The van der Waals surface area contributed by atoms with Crippen LogP contribution in [0.2, 0.25) is 0 Å². The Morgan fingerprint density at radius 1 is 1.29 bits per heavy atom. The lowest BCUT2D eigenvalue weighted by molar-refractivity contribution is -0.153. The average molecular weight is 291 g/mol. The van der Waals surface area contributed by atoms with Crippen LogP contribution >= 0.6 is 0 Å². The van der Waals surface area contributed by atoms with E-state index in [0.29, 0.717) is 6.42 Å². The number of ether oxygens (including phenoxy) is 1. The van der Waals surface area contributed by atoms with Gasteiger partial charge in [0.2, 0.25) is 0 Å². The molecule has 0 saturated carbocycles. The van der Waals surface area contributed by atoms with Crippen molar-refractivity contribution in [1.82, 2.24) is 9.88 Å². The lowest BCUT2D eigenvalue weighted by atomic mass is 10.1. The standard InChI is InChI=1S/C16H25N3O2/c1-16(2,3)21-15(20)12-13-5-6-17-14(11-13)19-9-7-18(4)8-10-19/h5-6,11H,7-10,12H2,1-4H3. The first-order chi connectivity index (χ1) is 9.83. The fourth-order valence-corrected chi connectivity index (χ4v) is 2.32. The maximum absolute atomic E-state index is 11.9. The molecule has 0 radical (unpaired) electrons. The SMILES string of the molecule is CN1CCN(c2cc(CC(=O)OC(C)(C)C)ccn2)CC1. The summed E-state index contributed by atoms with van der Waals surface area (Å²) < 4.78 is 5.36. The number of rotatable bonds is 3. The number of aromatic nitrogens is 1. The third kappa shape index (κ3) is 5.01. The highest BCUT2D eigenvalue weighted by Gasteiger charge is 2.18. The number of likely N-dealkylation sites (N-methyl/N-ethyl adjacent to an activating group) is 1. The van der Waals surface area contributed by atoms with E-state index < -0.39 is 5.60 Å². The van der Waals surface area contributed by atoms with Crippen LogP contribution in [-0.2, 0) is 16.0 Å². The highest BCUT2D eigenvalue weighted by Crippen LogP contribution is 2.16. The first-order valence-corrected chi connectivity index (χ1v) is 7.44. The largest absolute Gasteiger partial charge is 0.460 e. The van der Waals surface area contributed by atoms with Crippen molar-refractivity contribution in [2.24, 2.45) is 0 Å². The predicted octanol–water partition coefficient (Wildman–Crippen LogP) is 1.72. The lowest BCUT2D eigenvalue weighted by Crippen LogP contribution is -2.44. The third-order valence-corrected chi connectivity index (χ3v) is 3.41. The van der Waals surface area contributed by atoms with Gasteiger partial charge in [-0.05, 0) is 45.5 Å². The van der Waals surface area contributed by atoms with E-state index in [1.165, 1.54) is 0 Å². The number of hydrogen-bond donors (Lipinski definition) is 0. The third-order valence-electron chi connectivity index (χ3n) is 3.41. The Kier molecular flexibility index (Phi) is 4.83. The second kappa shape index (κ2) is 6.43. The van der Waals surface area contributed by atoms with E-state index in [1.807, 2.05) is 32.9 Å². The normalized spacial score (nSPS) is 16.9. The summed E-state index contributed by atoms with van der Waals surface area (Å²) in [5.74, 6) is 0.752. The van der Waals surface area contributed by atoms with Crippen molar-refractivity contribution in [3.8, 4) is 0 Å². The molecule has 0 unspecified atom stereocenters. The molecule has 0 spiro atoms. The summed E-state index contributed by atoms with van der Waals surface area (Å²) in [6.45, 7) is 9.67. The maximum Gasteiger partial charge on any atom is 0.310 e. The van der Waals surface area contributed by atoms with Gasteiger partial charge in [0.1, 0.15) is 11.4 Å². The summed E-state index contributed by atoms with van der Waals surface area (Å²) in [5.41, 5.74) is 0.512. The van der Waals surface area contributed by atoms with E-state index in [0.717, 1.165) is 37.6 Å². The van der Waals surface area contributed by atoms with Gasteiger partial charge in [0.15, 0.2) is 0 Å². The molecule has 5 heteroatoms. The predicted molar refractivity (Wildman–Crippen MR) is 83.5 cm³/mol.